The van der Waals surface area contributed by atoms with Gasteiger partial charge in [-0.15, -0.1) is 6.58 Å². The second-order valence-electron chi connectivity index (χ2n) is 0.471. The molecule has 0 amide bonds. The highest BCUT2D eigenvalue weighted by atomic mass is 28.2. The smallest absolute Gasteiger partial charge is 0.180 e. The predicted molar refractivity (Wildman–Crippen MR) is 35.1 cm³/mol. The van der Waals surface area contributed by atoms with E-state index in [9.17, 15) is 0 Å². The zero-order chi connectivity index (χ0) is 5.41. The van der Waals surface area contributed by atoms with E-state index in [1.54, 1.807) is 5.70 Å². The van der Waals surface area contributed by atoms with E-state index in [4.69, 9.17) is 4.80 Å². The van der Waals surface area contributed by atoms with Gasteiger partial charge in [0.1, 0.15) is 0 Å². The SMILES string of the molecule is C=C[SiH2]O.N[SiH3]. The molecule has 4 heteroatoms. The molecule has 0 aliphatic heterocycles. The van der Waals surface area contributed by atoms with Crippen molar-refractivity contribution < 1.29 is 4.80 Å². The van der Waals surface area contributed by atoms with Crippen LogP contribution in [-0.4, -0.2) is 25.0 Å². The minimum absolute atomic E-state index is 0.806. The Morgan fingerprint density at radius 1 is 1.83 bits per heavy atom. The summed E-state index contributed by atoms with van der Waals surface area (Å²) >= 11 is 0. The Balaban J connectivity index is 0. The summed E-state index contributed by atoms with van der Waals surface area (Å²) in [6, 6.07) is 0. The van der Waals surface area contributed by atoms with E-state index in [-0.39, 0.29) is 0 Å². The molecule has 2 nitrogen and oxygen atoms in total. The van der Waals surface area contributed by atoms with Crippen LogP contribution in [0.2, 0.25) is 0 Å². The molecule has 38 valence electrons. The van der Waals surface area contributed by atoms with Crippen molar-refractivity contribution in [1.29, 1.82) is 0 Å². The molecule has 3 N–H and O–H groups in total. The average molecular weight is 121 g/mol. The molecule has 0 saturated heterocycles. The Morgan fingerprint density at radius 2 is 2.00 bits per heavy atom. The molecular weight excluding hydrogens is 110 g/mol. The van der Waals surface area contributed by atoms with Gasteiger partial charge in [0.2, 0.25) is 0 Å². The van der Waals surface area contributed by atoms with Crippen LogP contribution in [0.15, 0.2) is 12.3 Å². The molecule has 0 radical (unpaired) electrons. The Morgan fingerprint density at radius 3 is 2.00 bits per heavy atom. The van der Waals surface area contributed by atoms with Gasteiger partial charge in [-0.05, 0) is 0 Å². The molecule has 0 spiro atoms. The van der Waals surface area contributed by atoms with E-state index in [2.05, 4.69) is 12.0 Å². The maximum absolute atomic E-state index is 7.90. The third kappa shape index (κ3) is 32.8. The fourth-order valence-corrected chi connectivity index (χ4v) is 0. The third-order valence-corrected chi connectivity index (χ3v) is 0.387. The first-order chi connectivity index (χ1) is 2.91. The zero-order valence-corrected chi connectivity index (χ0v) is 7.43. The molecule has 0 rings (SSSR count). The van der Waals surface area contributed by atoms with Gasteiger partial charge in [-0.1, -0.05) is 5.70 Å². The second kappa shape index (κ2) is 19.5. The molecular formula is C2H11NOSi2. The summed E-state index contributed by atoms with van der Waals surface area (Å²) in [5.41, 5.74) is 1.57. The summed E-state index contributed by atoms with van der Waals surface area (Å²) in [4.78, 5) is 7.90. The van der Waals surface area contributed by atoms with Crippen LogP contribution in [0, 0.1) is 0 Å². The van der Waals surface area contributed by atoms with Crippen LogP contribution in [0.4, 0.5) is 0 Å². The maximum Gasteiger partial charge on any atom is 0.180 e. The van der Waals surface area contributed by atoms with Gasteiger partial charge in [0.05, 0.1) is 10.4 Å². The number of rotatable bonds is 1. The van der Waals surface area contributed by atoms with Crippen molar-refractivity contribution >= 4 is 20.2 Å². The highest BCUT2D eigenvalue weighted by molar-refractivity contribution is 6.32. The van der Waals surface area contributed by atoms with E-state index < -0.39 is 9.76 Å². The van der Waals surface area contributed by atoms with Crippen molar-refractivity contribution in [2.75, 3.05) is 0 Å². The average Bonchev–Trinajstić information content (AvgIpc) is 1.72. The normalized spacial score (nSPS) is 7.67. The quantitative estimate of drug-likeness (QED) is 0.375. The van der Waals surface area contributed by atoms with Gasteiger partial charge in [0, 0.05) is 0 Å². The van der Waals surface area contributed by atoms with E-state index >= 15 is 0 Å². The lowest BCUT2D eigenvalue weighted by atomic mass is 11.3. The van der Waals surface area contributed by atoms with Crippen LogP contribution in [-0.2, 0) is 0 Å². The number of hydrogen-bond donors (Lipinski definition) is 2. The topological polar surface area (TPSA) is 46.2 Å². The standard InChI is InChI=1S/C2H6OSi.H5NSi/c1-2-4-3;1-2/h2-3H,1,4H2;1H2,2H3. The molecule has 0 saturated carbocycles. The van der Waals surface area contributed by atoms with Crippen molar-refractivity contribution in [3.63, 3.8) is 0 Å². The lowest BCUT2D eigenvalue weighted by Crippen LogP contribution is -1.75. The van der Waals surface area contributed by atoms with Crippen LogP contribution in [0.25, 0.3) is 0 Å². The number of nitrogens with two attached hydrogens (primary N) is 1. The summed E-state index contributed by atoms with van der Waals surface area (Å²) in [6.07, 6.45) is 0. The lowest BCUT2D eigenvalue weighted by Gasteiger charge is -1.57. The fraction of sp³-hybridized carbons (Fsp3) is 0. The van der Waals surface area contributed by atoms with Crippen LogP contribution in [0.1, 0.15) is 0 Å². The van der Waals surface area contributed by atoms with E-state index in [0.29, 0.717) is 0 Å². The van der Waals surface area contributed by atoms with Gasteiger partial charge in [0.25, 0.3) is 0 Å². The Bertz CT molecular complexity index is 25.5. The second-order valence-corrected chi connectivity index (χ2v) is 1.41. The van der Waals surface area contributed by atoms with Crippen molar-refractivity contribution in [1.82, 2.24) is 0 Å². The maximum atomic E-state index is 7.90. The fourth-order valence-electron chi connectivity index (χ4n) is 0. The van der Waals surface area contributed by atoms with Gasteiger partial charge in [0.15, 0.2) is 9.76 Å². The van der Waals surface area contributed by atoms with Crippen molar-refractivity contribution in [2.45, 2.75) is 0 Å². The lowest BCUT2D eigenvalue weighted by molar-refractivity contribution is 0.614. The first-order valence-corrected chi connectivity index (χ1v) is 4.31. The summed E-state index contributed by atoms with van der Waals surface area (Å²) < 4.78 is 0. The molecule has 0 bridgehead atoms. The van der Waals surface area contributed by atoms with Gasteiger partial charge >= 0.3 is 0 Å². The Hall–Kier alpha value is 0.0938. The monoisotopic (exact) mass is 121 g/mol. The molecule has 0 fully saturated rings. The molecule has 6 heavy (non-hydrogen) atoms. The molecule has 0 aromatic heterocycles. The van der Waals surface area contributed by atoms with E-state index in [1.165, 1.54) is 0 Å². The van der Waals surface area contributed by atoms with Gasteiger partial charge < -0.3 is 10.2 Å². The molecule has 0 aromatic carbocycles. The minimum Gasteiger partial charge on any atom is -0.434 e. The Labute approximate surface area is 43.5 Å². The van der Waals surface area contributed by atoms with E-state index in [1.807, 2.05) is 0 Å². The van der Waals surface area contributed by atoms with Crippen LogP contribution in [0.5, 0.6) is 0 Å². The molecule has 0 heterocycles. The first-order valence-electron chi connectivity index (χ1n) is 1.71. The summed E-state index contributed by atoms with van der Waals surface area (Å²) in [7, 11) is -0.00617. The van der Waals surface area contributed by atoms with Crippen LogP contribution < -0.4 is 5.40 Å². The predicted octanol–water partition coefficient (Wildman–Crippen LogP) is -2.57. The largest absolute Gasteiger partial charge is 0.434 e. The zero-order valence-electron chi connectivity index (χ0n) is 4.02. The highest BCUT2D eigenvalue weighted by Gasteiger charge is 1.49. The van der Waals surface area contributed by atoms with Crippen molar-refractivity contribution in [3.05, 3.63) is 12.3 Å². The molecule has 0 aliphatic rings. The van der Waals surface area contributed by atoms with Gasteiger partial charge in [-0.3, -0.25) is 0 Å². The molecule has 0 unspecified atom stereocenters. The van der Waals surface area contributed by atoms with Crippen LogP contribution in [0.3, 0.4) is 0 Å². The van der Waals surface area contributed by atoms with Gasteiger partial charge in [-0.25, -0.2) is 0 Å². The summed E-state index contributed by atoms with van der Waals surface area (Å²) in [5, 5.41) is 4.64. The summed E-state index contributed by atoms with van der Waals surface area (Å²) in [6.45, 7) is 3.29. The Kier molecular flexibility index (Phi) is 30.6. The van der Waals surface area contributed by atoms with Crippen molar-refractivity contribution in [3.8, 4) is 0 Å². The molecule has 0 aromatic rings. The van der Waals surface area contributed by atoms with Crippen molar-refractivity contribution in [2.24, 2.45) is 5.40 Å². The minimum atomic E-state index is -0.812. The van der Waals surface area contributed by atoms with Gasteiger partial charge in [-0.2, -0.15) is 0 Å². The molecule has 0 aliphatic carbocycles. The molecule has 0 atom stereocenters. The van der Waals surface area contributed by atoms with E-state index in [0.717, 1.165) is 10.4 Å². The number of hydrogen-bond acceptors (Lipinski definition) is 2. The first kappa shape index (κ1) is 9.43. The third-order valence-electron chi connectivity index (χ3n) is 0.129. The highest BCUT2D eigenvalue weighted by Crippen LogP contribution is 1.40. The van der Waals surface area contributed by atoms with Crippen LogP contribution >= 0.6 is 0 Å². The summed E-state index contributed by atoms with van der Waals surface area (Å²) in [5.74, 6) is 0.